The van der Waals surface area contributed by atoms with Gasteiger partial charge in [-0.2, -0.15) is 0 Å². The number of hydrogen-bond acceptors (Lipinski definition) is 0. The fraction of sp³-hybridized carbons (Fsp3) is 0.250. The van der Waals surface area contributed by atoms with Crippen LogP contribution in [-0.2, 0) is 26.2 Å². The molecule has 0 spiro atoms. The molecule has 65 valence electrons. The summed E-state index contributed by atoms with van der Waals surface area (Å²) >= 11 is 0. The Balaban J connectivity index is 0.000000845. The minimum absolute atomic E-state index is 0. The summed E-state index contributed by atoms with van der Waals surface area (Å²) in [5.74, 6) is 0. The van der Waals surface area contributed by atoms with Crippen LogP contribution < -0.4 is 0 Å². The summed E-state index contributed by atoms with van der Waals surface area (Å²) in [6.07, 6.45) is 7.02. The molecule has 0 aliphatic heterocycles. The number of allylic oxidation sites excluding steroid dienone is 1. The molecule has 1 aromatic carbocycles. The standard InChI is InChI=1S/C12H13.Zr/c1-2-5-10-8-11-6-3-4-7-12(11)9-10;/h3-4,6-9H,2,5H2,1H3;. The van der Waals surface area contributed by atoms with E-state index in [9.17, 15) is 0 Å². The Morgan fingerprint density at radius 2 is 1.77 bits per heavy atom. The summed E-state index contributed by atoms with van der Waals surface area (Å²) in [6.45, 7) is 2.22. The summed E-state index contributed by atoms with van der Waals surface area (Å²) in [7, 11) is 0. The van der Waals surface area contributed by atoms with E-state index in [1.54, 1.807) is 0 Å². The van der Waals surface area contributed by atoms with E-state index in [4.69, 9.17) is 0 Å². The molecule has 0 unspecified atom stereocenters. The van der Waals surface area contributed by atoms with Gasteiger partial charge in [-0.05, 0) is 17.5 Å². The Labute approximate surface area is 99.2 Å². The first-order chi connectivity index (χ1) is 5.90. The first kappa shape index (κ1) is 10.9. The van der Waals surface area contributed by atoms with Crippen molar-refractivity contribution < 1.29 is 26.2 Å². The van der Waals surface area contributed by atoms with Crippen molar-refractivity contribution in [3.8, 4) is 0 Å². The van der Waals surface area contributed by atoms with Crippen LogP contribution in [0.3, 0.4) is 0 Å². The van der Waals surface area contributed by atoms with Gasteiger partial charge in [-0.25, -0.2) is 0 Å². The second-order valence-corrected chi connectivity index (χ2v) is 3.24. The quantitative estimate of drug-likeness (QED) is 0.752. The molecule has 0 aromatic heterocycles. The van der Waals surface area contributed by atoms with Crippen molar-refractivity contribution >= 4 is 6.08 Å². The molecule has 0 saturated carbocycles. The number of hydrogen-bond donors (Lipinski definition) is 0. The molecule has 0 heterocycles. The van der Waals surface area contributed by atoms with Crippen LogP contribution in [0.4, 0.5) is 0 Å². The molecule has 1 aliphatic rings. The molecule has 0 nitrogen and oxygen atoms in total. The van der Waals surface area contributed by atoms with Gasteiger partial charge in [0.2, 0.25) is 0 Å². The maximum atomic E-state index is 2.29. The van der Waals surface area contributed by atoms with Crippen molar-refractivity contribution in [3.05, 3.63) is 47.4 Å². The summed E-state index contributed by atoms with van der Waals surface area (Å²) in [5.41, 5.74) is 4.22. The summed E-state index contributed by atoms with van der Waals surface area (Å²) in [5, 5.41) is 0. The van der Waals surface area contributed by atoms with Gasteiger partial charge in [-0.3, -0.25) is 0 Å². The van der Waals surface area contributed by atoms with Gasteiger partial charge in [0.15, 0.2) is 0 Å². The van der Waals surface area contributed by atoms with Gasteiger partial charge in [-0.15, -0.1) is 0 Å². The van der Waals surface area contributed by atoms with E-state index in [1.807, 2.05) is 0 Å². The van der Waals surface area contributed by atoms with Crippen molar-refractivity contribution in [1.29, 1.82) is 0 Å². The predicted octanol–water partition coefficient (Wildman–Crippen LogP) is 3.43. The first-order valence-electron chi connectivity index (χ1n) is 4.54. The molecule has 1 radical (unpaired) electrons. The number of rotatable bonds is 2. The molecule has 1 aromatic rings. The van der Waals surface area contributed by atoms with E-state index in [2.05, 4.69) is 43.7 Å². The van der Waals surface area contributed by atoms with Gasteiger partial charge >= 0.3 is 0 Å². The molecule has 2 rings (SSSR count). The third-order valence-corrected chi connectivity index (χ3v) is 2.22. The van der Waals surface area contributed by atoms with Crippen LogP contribution in [-0.4, -0.2) is 0 Å². The second-order valence-electron chi connectivity index (χ2n) is 3.24. The van der Waals surface area contributed by atoms with E-state index in [-0.39, 0.29) is 26.2 Å². The van der Waals surface area contributed by atoms with Crippen LogP contribution in [0.1, 0.15) is 30.9 Å². The largest absolute Gasteiger partial charge is 0.0651 e. The van der Waals surface area contributed by atoms with Gasteiger partial charge in [0, 0.05) is 32.6 Å². The number of fused-ring (bicyclic) bond motifs is 1. The zero-order valence-electron chi connectivity index (χ0n) is 7.88. The monoisotopic (exact) mass is 247 g/mol. The third-order valence-electron chi connectivity index (χ3n) is 2.22. The normalized spacial score (nSPS) is 13.2. The Morgan fingerprint density at radius 1 is 1.08 bits per heavy atom. The zero-order chi connectivity index (χ0) is 8.39. The summed E-state index contributed by atoms with van der Waals surface area (Å²) < 4.78 is 0. The van der Waals surface area contributed by atoms with Gasteiger partial charge < -0.3 is 0 Å². The predicted molar refractivity (Wildman–Crippen MR) is 52.7 cm³/mol. The summed E-state index contributed by atoms with van der Waals surface area (Å²) in [6, 6.07) is 8.54. The molecular formula is C12H13Zr. The molecular weight excluding hydrogens is 235 g/mol. The maximum absolute atomic E-state index is 2.29. The SMILES string of the molecule is CCCC1=Cc2ccccc2[CH]1.[Zr]. The van der Waals surface area contributed by atoms with Gasteiger partial charge in [0.1, 0.15) is 0 Å². The fourth-order valence-corrected chi connectivity index (χ4v) is 1.65. The average molecular weight is 248 g/mol. The molecule has 13 heavy (non-hydrogen) atoms. The number of benzene rings is 1. The Bertz CT molecular complexity index is 313. The molecule has 0 N–H and O–H groups in total. The van der Waals surface area contributed by atoms with E-state index >= 15 is 0 Å². The minimum Gasteiger partial charge on any atom is -0.0651 e. The van der Waals surface area contributed by atoms with Crippen molar-refractivity contribution in [2.75, 3.05) is 0 Å². The van der Waals surface area contributed by atoms with Gasteiger partial charge in [0.25, 0.3) is 0 Å². The molecule has 0 fully saturated rings. The van der Waals surface area contributed by atoms with Crippen LogP contribution in [0, 0.1) is 6.42 Å². The third kappa shape index (κ3) is 2.40. The molecule has 1 aliphatic carbocycles. The summed E-state index contributed by atoms with van der Waals surface area (Å²) in [4.78, 5) is 0. The van der Waals surface area contributed by atoms with E-state index in [1.165, 1.54) is 29.5 Å². The van der Waals surface area contributed by atoms with E-state index < -0.39 is 0 Å². The van der Waals surface area contributed by atoms with Crippen LogP contribution in [0.25, 0.3) is 6.08 Å². The van der Waals surface area contributed by atoms with E-state index in [0.29, 0.717) is 0 Å². The van der Waals surface area contributed by atoms with Crippen molar-refractivity contribution in [1.82, 2.24) is 0 Å². The van der Waals surface area contributed by atoms with Crippen molar-refractivity contribution in [2.24, 2.45) is 0 Å². The van der Waals surface area contributed by atoms with Crippen LogP contribution >= 0.6 is 0 Å². The molecule has 0 atom stereocenters. The van der Waals surface area contributed by atoms with Crippen LogP contribution in [0.2, 0.25) is 0 Å². The molecule has 1 heteroatoms. The Kier molecular flexibility index (Phi) is 4.12. The smallest absolute Gasteiger partial charge is 0.0164 e. The maximum Gasteiger partial charge on any atom is 0.0164 e. The Hall–Kier alpha value is -0.157. The average Bonchev–Trinajstić information content (AvgIpc) is 2.47. The zero-order valence-corrected chi connectivity index (χ0v) is 10.3. The van der Waals surface area contributed by atoms with Crippen LogP contribution in [0.5, 0.6) is 0 Å². The molecule has 0 amide bonds. The topological polar surface area (TPSA) is 0 Å². The fourth-order valence-electron chi connectivity index (χ4n) is 1.65. The van der Waals surface area contributed by atoms with E-state index in [0.717, 1.165) is 0 Å². The van der Waals surface area contributed by atoms with Crippen molar-refractivity contribution in [3.63, 3.8) is 0 Å². The minimum atomic E-state index is 0. The molecule has 0 bridgehead atoms. The Morgan fingerprint density at radius 3 is 2.38 bits per heavy atom. The first-order valence-corrected chi connectivity index (χ1v) is 4.54. The van der Waals surface area contributed by atoms with Gasteiger partial charge in [-0.1, -0.05) is 49.3 Å². The van der Waals surface area contributed by atoms with Gasteiger partial charge in [0.05, 0.1) is 0 Å². The van der Waals surface area contributed by atoms with Crippen LogP contribution in [0.15, 0.2) is 29.8 Å². The second kappa shape index (κ2) is 4.91. The molecule has 0 saturated heterocycles. The van der Waals surface area contributed by atoms with Crippen molar-refractivity contribution in [2.45, 2.75) is 19.8 Å².